The lowest BCUT2D eigenvalue weighted by atomic mass is 9.95. The minimum absolute atomic E-state index is 0.0921. The Morgan fingerprint density at radius 2 is 2.25 bits per heavy atom. The second-order valence-corrected chi connectivity index (χ2v) is 5.62. The Kier molecular flexibility index (Phi) is 5.12. The fourth-order valence-corrected chi connectivity index (χ4v) is 2.73. The van der Waals surface area contributed by atoms with Crippen LogP contribution in [0, 0.1) is 11.7 Å². The highest BCUT2D eigenvalue weighted by Gasteiger charge is 2.23. The van der Waals surface area contributed by atoms with Crippen LogP contribution in [0.4, 0.5) is 4.39 Å². The standard InChI is InChI=1S/C16H23FN2O/c1-12(14-7-3-4-8-15(14)17)19(2)16(20)10-13-6-5-9-18-11-13/h3-4,7-8,12-13,18H,5-6,9-11H2,1-2H3. The van der Waals surface area contributed by atoms with Crippen molar-refractivity contribution < 1.29 is 9.18 Å². The summed E-state index contributed by atoms with van der Waals surface area (Å²) < 4.78 is 13.8. The first-order valence-electron chi connectivity index (χ1n) is 7.30. The van der Waals surface area contributed by atoms with Gasteiger partial charge < -0.3 is 10.2 Å². The van der Waals surface area contributed by atoms with E-state index in [4.69, 9.17) is 0 Å². The summed E-state index contributed by atoms with van der Waals surface area (Å²) >= 11 is 0. The number of carbonyl (C=O) groups excluding carboxylic acids is 1. The predicted molar refractivity (Wildman–Crippen MR) is 77.8 cm³/mol. The maximum Gasteiger partial charge on any atom is 0.223 e. The van der Waals surface area contributed by atoms with Crippen LogP contribution in [-0.2, 0) is 4.79 Å². The van der Waals surface area contributed by atoms with Crippen molar-refractivity contribution in [1.29, 1.82) is 0 Å². The van der Waals surface area contributed by atoms with Gasteiger partial charge in [-0.1, -0.05) is 18.2 Å². The average molecular weight is 278 g/mol. The molecule has 1 aromatic rings. The van der Waals surface area contributed by atoms with Crippen LogP contribution in [0.5, 0.6) is 0 Å². The second-order valence-electron chi connectivity index (χ2n) is 5.62. The third kappa shape index (κ3) is 3.57. The molecular weight excluding hydrogens is 255 g/mol. The molecular formula is C16H23FN2O. The van der Waals surface area contributed by atoms with Gasteiger partial charge in [0.1, 0.15) is 5.82 Å². The summed E-state index contributed by atoms with van der Waals surface area (Å²) in [7, 11) is 1.76. The molecule has 1 aliphatic heterocycles. The molecule has 1 saturated heterocycles. The Hall–Kier alpha value is -1.42. The Morgan fingerprint density at radius 3 is 2.90 bits per heavy atom. The smallest absolute Gasteiger partial charge is 0.223 e. The molecule has 20 heavy (non-hydrogen) atoms. The zero-order valence-electron chi connectivity index (χ0n) is 12.2. The lowest BCUT2D eigenvalue weighted by Gasteiger charge is -2.29. The molecule has 2 unspecified atom stereocenters. The van der Waals surface area contributed by atoms with Gasteiger partial charge in [0.05, 0.1) is 6.04 Å². The third-order valence-electron chi connectivity index (χ3n) is 4.19. The summed E-state index contributed by atoms with van der Waals surface area (Å²) in [6.07, 6.45) is 2.77. The van der Waals surface area contributed by atoms with E-state index in [0.29, 0.717) is 17.9 Å². The number of nitrogens with one attached hydrogen (secondary N) is 1. The summed E-state index contributed by atoms with van der Waals surface area (Å²) in [5.74, 6) is 0.250. The number of carbonyl (C=O) groups is 1. The highest BCUT2D eigenvalue weighted by molar-refractivity contribution is 5.76. The fourth-order valence-electron chi connectivity index (χ4n) is 2.73. The molecule has 0 radical (unpaired) electrons. The van der Waals surface area contributed by atoms with Crippen LogP contribution in [0.25, 0.3) is 0 Å². The summed E-state index contributed by atoms with van der Waals surface area (Å²) in [5, 5.41) is 3.32. The van der Waals surface area contributed by atoms with Crippen LogP contribution in [0.3, 0.4) is 0 Å². The van der Waals surface area contributed by atoms with E-state index in [-0.39, 0.29) is 17.8 Å². The van der Waals surface area contributed by atoms with Gasteiger partial charge in [-0.25, -0.2) is 4.39 Å². The van der Waals surface area contributed by atoms with Crippen molar-refractivity contribution in [2.45, 2.75) is 32.2 Å². The molecule has 0 aliphatic carbocycles. The van der Waals surface area contributed by atoms with Crippen LogP contribution in [0.1, 0.15) is 37.8 Å². The minimum Gasteiger partial charge on any atom is -0.339 e. The van der Waals surface area contributed by atoms with Gasteiger partial charge in [0.15, 0.2) is 0 Å². The first-order valence-corrected chi connectivity index (χ1v) is 7.30. The molecule has 2 atom stereocenters. The van der Waals surface area contributed by atoms with Gasteiger partial charge in [0, 0.05) is 19.0 Å². The first kappa shape index (κ1) is 15.0. The van der Waals surface area contributed by atoms with Crippen molar-refractivity contribution in [3.8, 4) is 0 Å². The average Bonchev–Trinajstić information content (AvgIpc) is 2.47. The van der Waals surface area contributed by atoms with Crippen LogP contribution in [-0.4, -0.2) is 30.9 Å². The topological polar surface area (TPSA) is 32.3 Å². The summed E-state index contributed by atoms with van der Waals surface area (Å²) in [6, 6.07) is 6.42. The monoisotopic (exact) mass is 278 g/mol. The molecule has 1 heterocycles. The number of amides is 1. The SMILES string of the molecule is CC(c1ccccc1F)N(C)C(=O)CC1CCCNC1. The molecule has 1 amide bonds. The predicted octanol–water partition coefficient (Wildman–Crippen LogP) is 2.73. The molecule has 3 nitrogen and oxygen atoms in total. The number of benzene rings is 1. The van der Waals surface area contributed by atoms with Crippen LogP contribution in [0.15, 0.2) is 24.3 Å². The van der Waals surface area contributed by atoms with E-state index in [1.165, 1.54) is 6.07 Å². The van der Waals surface area contributed by atoms with Gasteiger partial charge in [-0.3, -0.25) is 4.79 Å². The van der Waals surface area contributed by atoms with Crippen molar-refractivity contribution in [2.24, 2.45) is 5.92 Å². The normalized spacial score (nSPS) is 20.4. The number of nitrogens with zero attached hydrogens (tertiary/aromatic N) is 1. The molecule has 0 bridgehead atoms. The molecule has 1 aromatic carbocycles. The summed E-state index contributed by atoms with van der Waals surface area (Å²) in [5.41, 5.74) is 0.574. The Morgan fingerprint density at radius 1 is 1.50 bits per heavy atom. The molecule has 4 heteroatoms. The summed E-state index contributed by atoms with van der Waals surface area (Å²) in [6.45, 7) is 3.83. The fraction of sp³-hybridized carbons (Fsp3) is 0.562. The molecule has 0 spiro atoms. The largest absolute Gasteiger partial charge is 0.339 e. The lowest BCUT2D eigenvalue weighted by Crippen LogP contribution is -2.36. The maximum atomic E-state index is 13.8. The van der Waals surface area contributed by atoms with Gasteiger partial charge in [-0.2, -0.15) is 0 Å². The first-order chi connectivity index (χ1) is 9.59. The molecule has 2 rings (SSSR count). The van der Waals surface area contributed by atoms with Crippen molar-refractivity contribution in [3.05, 3.63) is 35.6 Å². The van der Waals surface area contributed by atoms with Crippen LogP contribution in [0.2, 0.25) is 0 Å². The zero-order valence-corrected chi connectivity index (χ0v) is 12.2. The Labute approximate surface area is 120 Å². The molecule has 110 valence electrons. The highest BCUT2D eigenvalue weighted by Crippen LogP contribution is 2.24. The molecule has 0 saturated carbocycles. The maximum absolute atomic E-state index is 13.8. The van der Waals surface area contributed by atoms with Gasteiger partial charge in [-0.15, -0.1) is 0 Å². The second kappa shape index (κ2) is 6.84. The number of halogens is 1. The summed E-state index contributed by atoms with van der Waals surface area (Å²) in [4.78, 5) is 14.0. The van der Waals surface area contributed by atoms with Gasteiger partial charge >= 0.3 is 0 Å². The molecule has 1 aliphatic rings. The zero-order chi connectivity index (χ0) is 14.5. The van der Waals surface area contributed by atoms with Crippen molar-refractivity contribution in [2.75, 3.05) is 20.1 Å². The highest BCUT2D eigenvalue weighted by atomic mass is 19.1. The number of hydrogen-bond acceptors (Lipinski definition) is 2. The van der Waals surface area contributed by atoms with E-state index in [1.807, 2.05) is 6.92 Å². The van der Waals surface area contributed by atoms with E-state index < -0.39 is 0 Å². The van der Waals surface area contributed by atoms with Gasteiger partial charge in [0.2, 0.25) is 5.91 Å². The quantitative estimate of drug-likeness (QED) is 0.918. The van der Waals surface area contributed by atoms with E-state index in [1.54, 1.807) is 30.1 Å². The van der Waals surface area contributed by atoms with E-state index in [0.717, 1.165) is 25.9 Å². The van der Waals surface area contributed by atoms with Gasteiger partial charge in [0.25, 0.3) is 0 Å². The van der Waals surface area contributed by atoms with Crippen LogP contribution >= 0.6 is 0 Å². The van der Waals surface area contributed by atoms with Gasteiger partial charge in [-0.05, 0) is 44.8 Å². The Bertz CT molecular complexity index is 458. The van der Waals surface area contributed by atoms with E-state index in [2.05, 4.69) is 5.32 Å². The molecule has 1 fully saturated rings. The van der Waals surface area contributed by atoms with E-state index in [9.17, 15) is 9.18 Å². The lowest BCUT2D eigenvalue weighted by molar-refractivity contribution is -0.133. The molecule has 0 aromatic heterocycles. The minimum atomic E-state index is -0.251. The van der Waals surface area contributed by atoms with Crippen molar-refractivity contribution >= 4 is 5.91 Å². The number of piperidine rings is 1. The number of rotatable bonds is 4. The Balaban J connectivity index is 1.97. The number of hydrogen-bond donors (Lipinski definition) is 1. The van der Waals surface area contributed by atoms with E-state index >= 15 is 0 Å². The van der Waals surface area contributed by atoms with Crippen LogP contribution < -0.4 is 5.32 Å². The van der Waals surface area contributed by atoms with Crippen molar-refractivity contribution in [3.63, 3.8) is 0 Å². The third-order valence-corrected chi connectivity index (χ3v) is 4.19. The molecule has 1 N–H and O–H groups in total. The van der Waals surface area contributed by atoms with Crippen molar-refractivity contribution in [1.82, 2.24) is 10.2 Å².